The maximum Gasteiger partial charge on any atom is 0.333 e. The van der Waals surface area contributed by atoms with Crippen LogP contribution in [0.1, 0.15) is 18.1 Å². The van der Waals surface area contributed by atoms with E-state index in [1.807, 2.05) is 50.2 Å². The largest absolute Gasteiger partial charge is 0.425 e. The highest BCUT2D eigenvalue weighted by Crippen LogP contribution is 2.20. The van der Waals surface area contributed by atoms with Gasteiger partial charge in [-0.05, 0) is 44.0 Å². The summed E-state index contributed by atoms with van der Waals surface area (Å²) in [5.41, 5.74) is 3.22. The van der Waals surface area contributed by atoms with Gasteiger partial charge in [-0.3, -0.25) is 0 Å². The predicted molar refractivity (Wildman–Crippen MR) is 81.1 cm³/mol. The smallest absolute Gasteiger partial charge is 0.333 e. The monoisotopic (exact) mass is 269 g/mol. The molecule has 0 aliphatic carbocycles. The highest BCUT2D eigenvalue weighted by molar-refractivity contribution is 5.81. The van der Waals surface area contributed by atoms with Crippen molar-refractivity contribution in [2.75, 3.05) is 5.32 Å². The van der Waals surface area contributed by atoms with Gasteiger partial charge in [-0.25, -0.2) is 4.79 Å². The molecule has 0 saturated heterocycles. The van der Waals surface area contributed by atoms with Crippen molar-refractivity contribution in [2.45, 2.75) is 26.8 Å². The van der Waals surface area contributed by atoms with Gasteiger partial charge in [0.25, 0.3) is 0 Å². The van der Waals surface area contributed by atoms with Crippen LogP contribution in [0.5, 0.6) is 5.75 Å². The molecule has 0 amide bonds. The summed E-state index contributed by atoms with van der Waals surface area (Å²) in [4.78, 5) is 12.1. The lowest BCUT2D eigenvalue weighted by atomic mass is 10.1. The van der Waals surface area contributed by atoms with Gasteiger partial charge in [0, 0.05) is 5.69 Å². The lowest BCUT2D eigenvalue weighted by Crippen LogP contribution is -2.30. The van der Waals surface area contributed by atoms with E-state index in [2.05, 4.69) is 5.32 Å². The van der Waals surface area contributed by atoms with E-state index >= 15 is 0 Å². The zero-order chi connectivity index (χ0) is 14.5. The zero-order valence-electron chi connectivity index (χ0n) is 12.0. The fourth-order valence-corrected chi connectivity index (χ4v) is 2.01. The number of esters is 1. The summed E-state index contributed by atoms with van der Waals surface area (Å²) < 4.78 is 5.33. The third kappa shape index (κ3) is 3.38. The van der Waals surface area contributed by atoms with Gasteiger partial charge in [0.15, 0.2) is 0 Å². The van der Waals surface area contributed by atoms with Gasteiger partial charge >= 0.3 is 5.97 Å². The van der Waals surface area contributed by atoms with E-state index in [1.165, 1.54) is 0 Å². The Hall–Kier alpha value is -2.29. The summed E-state index contributed by atoms with van der Waals surface area (Å²) in [5, 5.41) is 3.22. The Morgan fingerprint density at radius 2 is 1.60 bits per heavy atom. The average molecular weight is 269 g/mol. The van der Waals surface area contributed by atoms with E-state index in [-0.39, 0.29) is 5.97 Å². The number of rotatable bonds is 4. The van der Waals surface area contributed by atoms with Gasteiger partial charge in [0.2, 0.25) is 0 Å². The lowest BCUT2D eigenvalue weighted by molar-refractivity contribution is -0.134. The molecule has 0 radical (unpaired) electrons. The van der Waals surface area contributed by atoms with Crippen LogP contribution in [0.3, 0.4) is 0 Å². The molecule has 2 rings (SSSR count). The number of benzene rings is 2. The normalized spacial score (nSPS) is 11.8. The van der Waals surface area contributed by atoms with E-state index in [9.17, 15) is 4.79 Å². The molecule has 3 nitrogen and oxygen atoms in total. The van der Waals surface area contributed by atoms with Crippen molar-refractivity contribution in [2.24, 2.45) is 0 Å². The van der Waals surface area contributed by atoms with Crippen molar-refractivity contribution in [3.63, 3.8) is 0 Å². The molecular weight excluding hydrogens is 250 g/mol. The molecule has 0 unspecified atom stereocenters. The van der Waals surface area contributed by atoms with Crippen molar-refractivity contribution in [3.8, 4) is 5.75 Å². The Morgan fingerprint density at radius 3 is 2.20 bits per heavy atom. The molecule has 0 saturated carbocycles. The number of ether oxygens (including phenoxy) is 1. The number of hydrogen-bond donors (Lipinski definition) is 1. The van der Waals surface area contributed by atoms with E-state index in [0.29, 0.717) is 5.75 Å². The van der Waals surface area contributed by atoms with Crippen molar-refractivity contribution in [1.29, 1.82) is 0 Å². The predicted octanol–water partition coefficient (Wildman–Crippen LogP) is 3.71. The van der Waals surface area contributed by atoms with Crippen LogP contribution in [-0.2, 0) is 4.79 Å². The second-order valence-electron chi connectivity index (χ2n) is 4.87. The maximum atomic E-state index is 12.1. The SMILES string of the molecule is Cc1cccc(C)c1N[C@@H](C)C(=O)Oc1ccccc1. The van der Waals surface area contributed by atoms with Crippen LogP contribution in [0.15, 0.2) is 48.5 Å². The summed E-state index contributed by atoms with van der Waals surface area (Å²) in [6, 6.07) is 14.7. The molecule has 0 heterocycles. The van der Waals surface area contributed by atoms with Crippen molar-refractivity contribution >= 4 is 11.7 Å². The number of carbonyl (C=O) groups excluding carboxylic acids is 1. The molecular formula is C17H19NO2. The Balaban J connectivity index is 2.05. The molecule has 0 aromatic heterocycles. The number of hydrogen-bond acceptors (Lipinski definition) is 3. The van der Waals surface area contributed by atoms with Crippen molar-refractivity contribution in [3.05, 3.63) is 59.7 Å². The molecule has 0 fully saturated rings. The van der Waals surface area contributed by atoms with Gasteiger partial charge in [0.1, 0.15) is 11.8 Å². The quantitative estimate of drug-likeness (QED) is 0.679. The standard InChI is InChI=1S/C17H19NO2/c1-12-8-7-9-13(2)16(12)18-14(3)17(19)20-15-10-5-4-6-11-15/h4-11,14,18H,1-3H3/t14-/m0/s1. The topological polar surface area (TPSA) is 38.3 Å². The second-order valence-corrected chi connectivity index (χ2v) is 4.87. The highest BCUT2D eigenvalue weighted by Gasteiger charge is 2.16. The number of para-hydroxylation sites is 2. The Labute approximate surface area is 119 Å². The maximum absolute atomic E-state index is 12.1. The van der Waals surface area contributed by atoms with Gasteiger partial charge in [0.05, 0.1) is 0 Å². The molecule has 2 aromatic carbocycles. The van der Waals surface area contributed by atoms with E-state index in [1.54, 1.807) is 19.1 Å². The zero-order valence-corrected chi connectivity index (χ0v) is 12.0. The van der Waals surface area contributed by atoms with Crippen LogP contribution in [0, 0.1) is 13.8 Å². The third-order valence-corrected chi connectivity index (χ3v) is 3.16. The summed E-state index contributed by atoms with van der Waals surface area (Å²) in [7, 11) is 0. The van der Waals surface area contributed by atoms with Crippen molar-refractivity contribution < 1.29 is 9.53 Å². The van der Waals surface area contributed by atoms with Crippen LogP contribution in [-0.4, -0.2) is 12.0 Å². The first-order chi connectivity index (χ1) is 9.58. The minimum atomic E-state index is -0.407. The van der Waals surface area contributed by atoms with Gasteiger partial charge in [-0.2, -0.15) is 0 Å². The van der Waals surface area contributed by atoms with Gasteiger partial charge < -0.3 is 10.1 Å². The first kappa shape index (κ1) is 14.1. The van der Waals surface area contributed by atoms with E-state index < -0.39 is 6.04 Å². The number of aryl methyl sites for hydroxylation is 2. The second kappa shape index (κ2) is 6.24. The molecule has 20 heavy (non-hydrogen) atoms. The minimum Gasteiger partial charge on any atom is -0.425 e. The van der Waals surface area contributed by atoms with Crippen molar-refractivity contribution in [1.82, 2.24) is 0 Å². The molecule has 1 atom stereocenters. The molecule has 0 bridgehead atoms. The number of anilines is 1. The minimum absolute atomic E-state index is 0.293. The van der Waals surface area contributed by atoms with Crippen LogP contribution in [0.4, 0.5) is 5.69 Å². The molecule has 1 N–H and O–H groups in total. The Bertz CT molecular complexity index is 573. The van der Waals surface area contributed by atoms with Crippen LogP contribution >= 0.6 is 0 Å². The molecule has 2 aromatic rings. The highest BCUT2D eigenvalue weighted by atomic mass is 16.5. The van der Waals surface area contributed by atoms with Crippen LogP contribution in [0.2, 0.25) is 0 Å². The first-order valence-electron chi connectivity index (χ1n) is 6.67. The Kier molecular flexibility index (Phi) is 4.41. The third-order valence-electron chi connectivity index (χ3n) is 3.16. The van der Waals surface area contributed by atoms with Gasteiger partial charge in [-0.15, -0.1) is 0 Å². The first-order valence-corrected chi connectivity index (χ1v) is 6.67. The summed E-state index contributed by atoms with van der Waals surface area (Å²) in [6.07, 6.45) is 0. The fraction of sp³-hybridized carbons (Fsp3) is 0.235. The lowest BCUT2D eigenvalue weighted by Gasteiger charge is -2.17. The van der Waals surface area contributed by atoms with Gasteiger partial charge in [-0.1, -0.05) is 36.4 Å². The van der Waals surface area contributed by atoms with Crippen LogP contribution < -0.4 is 10.1 Å². The molecule has 0 aliphatic rings. The summed E-state index contributed by atoms with van der Waals surface area (Å²) in [6.45, 7) is 5.84. The summed E-state index contributed by atoms with van der Waals surface area (Å²) >= 11 is 0. The fourth-order valence-electron chi connectivity index (χ4n) is 2.01. The molecule has 0 spiro atoms. The molecule has 0 aliphatic heterocycles. The Morgan fingerprint density at radius 1 is 1.00 bits per heavy atom. The van der Waals surface area contributed by atoms with E-state index in [4.69, 9.17) is 4.74 Å². The summed E-state index contributed by atoms with van der Waals surface area (Å²) in [5.74, 6) is 0.270. The number of carbonyl (C=O) groups is 1. The molecule has 3 heteroatoms. The van der Waals surface area contributed by atoms with Crippen LogP contribution in [0.25, 0.3) is 0 Å². The average Bonchev–Trinajstić information content (AvgIpc) is 2.44. The van der Waals surface area contributed by atoms with E-state index in [0.717, 1.165) is 16.8 Å². The number of nitrogens with one attached hydrogen (secondary N) is 1. The molecule has 104 valence electrons.